The second-order valence-electron chi connectivity index (χ2n) is 3.12. The Bertz CT molecular complexity index is 523. The Labute approximate surface area is 93.6 Å². The standard InChI is InChI=1S/C9H6F3N5/c10-9(11,12)8-15-1-5(2-16-8)6-3-14-4-7(13)17-6/h1-4H,(H2,13,17). The lowest BCUT2D eigenvalue weighted by molar-refractivity contribution is -0.144. The van der Waals surface area contributed by atoms with Crippen molar-refractivity contribution in [2.24, 2.45) is 0 Å². The Morgan fingerprint density at radius 2 is 1.65 bits per heavy atom. The first-order valence-electron chi connectivity index (χ1n) is 4.44. The lowest BCUT2D eigenvalue weighted by atomic mass is 10.2. The summed E-state index contributed by atoms with van der Waals surface area (Å²) in [6.45, 7) is 0. The summed E-state index contributed by atoms with van der Waals surface area (Å²) >= 11 is 0. The number of nitrogens with two attached hydrogens (primary N) is 1. The average molecular weight is 241 g/mol. The Morgan fingerprint density at radius 3 is 2.18 bits per heavy atom. The molecule has 2 aromatic rings. The van der Waals surface area contributed by atoms with Crippen LogP contribution in [0.2, 0.25) is 0 Å². The molecule has 0 aliphatic carbocycles. The molecule has 0 aliphatic heterocycles. The second kappa shape index (κ2) is 3.96. The molecule has 0 aliphatic rings. The number of alkyl halides is 3. The summed E-state index contributed by atoms with van der Waals surface area (Å²) in [5, 5.41) is 0. The Morgan fingerprint density at radius 1 is 1.00 bits per heavy atom. The smallest absolute Gasteiger partial charge is 0.382 e. The third-order valence-corrected chi connectivity index (χ3v) is 1.85. The van der Waals surface area contributed by atoms with E-state index in [9.17, 15) is 13.2 Å². The van der Waals surface area contributed by atoms with Crippen LogP contribution < -0.4 is 5.73 Å². The molecule has 17 heavy (non-hydrogen) atoms. The number of aromatic nitrogens is 4. The Hall–Kier alpha value is -2.25. The molecule has 0 saturated heterocycles. The first-order chi connectivity index (χ1) is 7.97. The SMILES string of the molecule is Nc1cncc(-c2cnc(C(F)(F)F)nc2)n1. The van der Waals surface area contributed by atoms with E-state index in [2.05, 4.69) is 19.9 Å². The van der Waals surface area contributed by atoms with E-state index < -0.39 is 12.0 Å². The molecule has 2 N–H and O–H groups in total. The summed E-state index contributed by atoms with van der Waals surface area (Å²) in [5.74, 6) is -1.03. The highest BCUT2D eigenvalue weighted by Crippen LogP contribution is 2.26. The van der Waals surface area contributed by atoms with Gasteiger partial charge >= 0.3 is 6.18 Å². The van der Waals surface area contributed by atoms with Crippen LogP contribution >= 0.6 is 0 Å². The maximum absolute atomic E-state index is 12.2. The van der Waals surface area contributed by atoms with Gasteiger partial charge in [0, 0.05) is 18.0 Å². The number of anilines is 1. The van der Waals surface area contributed by atoms with Crippen LogP contribution in [0.3, 0.4) is 0 Å². The molecular weight excluding hydrogens is 235 g/mol. The van der Waals surface area contributed by atoms with Gasteiger partial charge in [-0.1, -0.05) is 0 Å². The third-order valence-electron chi connectivity index (χ3n) is 1.85. The summed E-state index contributed by atoms with van der Waals surface area (Å²) in [6, 6.07) is 0. The molecule has 0 fully saturated rings. The van der Waals surface area contributed by atoms with Gasteiger partial charge in [0.1, 0.15) is 5.82 Å². The quantitative estimate of drug-likeness (QED) is 0.819. The van der Waals surface area contributed by atoms with Crippen LogP contribution in [-0.2, 0) is 6.18 Å². The van der Waals surface area contributed by atoms with Crippen LogP contribution in [0.4, 0.5) is 19.0 Å². The Kier molecular flexibility index (Phi) is 2.62. The molecule has 2 aromatic heterocycles. The number of nitrogen functional groups attached to an aromatic ring is 1. The second-order valence-corrected chi connectivity index (χ2v) is 3.12. The molecule has 2 heterocycles. The van der Waals surface area contributed by atoms with Crippen molar-refractivity contribution in [1.82, 2.24) is 19.9 Å². The van der Waals surface area contributed by atoms with Gasteiger partial charge in [-0.25, -0.2) is 15.0 Å². The van der Waals surface area contributed by atoms with E-state index in [4.69, 9.17) is 5.73 Å². The van der Waals surface area contributed by atoms with Crippen LogP contribution in [0.25, 0.3) is 11.3 Å². The van der Waals surface area contributed by atoms with Crippen molar-refractivity contribution in [3.63, 3.8) is 0 Å². The molecule has 0 bridgehead atoms. The molecule has 8 heteroatoms. The van der Waals surface area contributed by atoms with Crippen molar-refractivity contribution >= 4 is 5.82 Å². The van der Waals surface area contributed by atoms with Crippen molar-refractivity contribution in [3.8, 4) is 11.3 Å². The van der Waals surface area contributed by atoms with E-state index in [1.807, 2.05) is 0 Å². The van der Waals surface area contributed by atoms with Crippen molar-refractivity contribution in [2.45, 2.75) is 6.18 Å². The topological polar surface area (TPSA) is 77.6 Å². The predicted molar refractivity (Wildman–Crippen MR) is 52.5 cm³/mol. The van der Waals surface area contributed by atoms with Gasteiger partial charge in [-0.15, -0.1) is 0 Å². The van der Waals surface area contributed by atoms with E-state index in [0.29, 0.717) is 11.3 Å². The van der Waals surface area contributed by atoms with Crippen LogP contribution in [0.15, 0.2) is 24.8 Å². The van der Waals surface area contributed by atoms with Crippen molar-refractivity contribution < 1.29 is 13.2 Å². The normalized spacial score (nSPS) is 11.5. The zero-order chi connectivity index (χ0) is 12.5. The molecule has 0 radical (unpaired) electrons. The summed E-state index contributed by atoms with van der Waals surface area (Å²) in [5.41, 5.74) is 6.04. The van der Waals surface area contributed by atoms with Crippen LogP contribution in [0, 0.1) is 0 Å². The molecular formula is C9H6F3N5. The minimum absolute atomic E-state index is 0.169. The fraction of sp³-hybridized carbons (Fsp3) is 0.111. The largest absolute Gasteiger partial charge is 0.451 e. The fourth-order valence-corrected chi connectivity index (χ4v) is 1.13. The molecule has 0 unspecified atom stereocenters. The highest BCUT2D eigenvalue weighted by molar-refractivity contribution is 5.56. The lowest BCUT2D eigenvalue weighted by Crippen LogP contribution is -2.10. The summed E-state index contributed by atoms with van der Waals surface area (Å²) in [7, 11) is 0. The lowest BCUT2D eigenvalue weighted by Gasteiger charge is -2.05. The van der Waals surface area contributed by atoms with Gasteiger partial charge in [-0.3, -0.25) is 4.98 Å². The highest BCUT2D eigenvalue weighted by Gasteiger charge is 2.34. The number of nitrogens with zero attached hydrogens (tertiary/aromatic N) is 4. The monoisotopic (exact) mass is 241 g/mol. The number of hydrogen-bond acceptors (Lipinski definition) is 5. The first-order valence-corrected chi connectivity index (χ1v) is 4.44. The molecule has 0 saturated carbocycles. The minimum atomic E-state index is -4.56. The van der Waals surface area contributed by atoms with Crippen molar-refractivity contribution in [2.75, 3.05) is 5.73 Å². The molecule has 88 valence electrons. The zero-order valence-corrected chi connectivity index (χ0v) is 8.31. The van der Waals surface area contributed by atoms with Gasteiger partial charge < -0.3 is 5.73 Å². The summed E-state index contributed by atoms with van der Waals surface area (Å²) in [4.78, 5) is 14.1. The van der Waals surface area contributed by atoms with Gasteiger partial charge in [0.2, 0.25) is 5.82 Å². The number of hydrogen-bond donors (Lipinski definition) is 1. The number of halogens is 3. The van der Waals surface area contributed by atoms with E-state index in [1.165, 1.54) is 12.4 Å². The van der Waals surface area contributed by atoms with Crippen LogP contribution in [0.1, 0.15) is 5.82 Å². The highest BCUT2D eigenvalue weighted by atomic mass is 19.4. The average Bonchev–Trinajstić information content (AvgIpc) is 2.28. The van der Waals surface area contributed by atoms with E-state index >= 15 is 0 Å². The van der Waals surface area contributed by atoms with E-state index in [0.717, 1.165) is 12.4 Å². The molecule has 5 nitrogen and oxygen atoms in total. The maximum Gasteiger partial charge on any atom is 0.451 e. The maximum atomic E-state index is 12.2. The first kappa shape index (κ1) is 11.2. The molecule has 0 amide bonds. The molecule has 0 aromatic carbocycles. The third kappa shape index (κ3) is 2.47. The summed E-state index contributed by atoms with van der Waals surface area (Å²) in [6.07, 6.45) is 0.190. The minimum Gasteiger partial charge on any atom is -0.382 e. The Balaban J connectivity index is 2.36. The zero-order valence-electron chi connectivity index (χ0n) is 8.31. The van der Waals surface area contributed by atoms with Gasteiger partial charge in [0.15, 0.2) is 0 Å². The molecule has 0 atom stereocenters. The van der Waals surface area contributed by atoms with Gasteiger partial charge in [0.05, 0.1) is 18.1 Å². The van der Waals surface area contributed by atoms with Crippen LogP contribution in [0.5, 0.6) is 0 Å². The fourth-order valence-electron chi connectivity index (χ4n) is 1.13. The van der Waals surface area contributed by atoms with Gasteiger partial charge in [-0.05, 0) is 0 Å². The van der Waals surface area contributed by atoms with E-state index in [1.54, 1.807) is 0 Å². The predicted octanol–water partition coefficient (Wildman–Crippen LogP) is 1.53. The van der Waals surface area contributed by atoms with Gasteiger partial charge in [0.25, 0.3) is 0 Å². The van der Waals surface area contributed by atoms with Crippen molar-refractivity contribution in [3.05, 3.63) is 30.6 Å². The number of rotatable bonds is 1. The summed E-state index contributed by atoms with van der Waals surface area (Å²) < 4.78 is 36.6. The van der Waals surface area contributed by atoms with Crippen molar-refractivity contribution in [1.29, 1.82) is 0 Å². The van der Waals surface area contributed by atoms with Crippen LogP contribution in [-0.4, -0.2) is 19.9 Å². The van der Waals surface area contributed by atoms with Gasteiger partial charge in [-0.2, -0.15) is 13.2 Å². The molecule has 2 rings (SSSR count). The molecule has 0 spiro atoms. The van der Waals surface area contributed by atoms with E-state index in [-0.39, 0.29) is 5.82 Å².